The number of rotatable bonds is 5. The Morgan fingerprint density at radius 1 is 1.09 bits per heavy atom. The smallest absolute Gasteiger partial charge is 0.270 e. The third kappa shape index (κ3) is 4.15. The van der Waals surface area contributed by atoms with Gasteiger partial charge < -0.3 is 10.6 Å². The van der Waals surface area contributed by atoms with Crippen molar-refractivity contribution in [3.63, 3.8) is 0 Å². The van der Waals surface area contributed by atoms with E-state index < -0.39 is 0 Å². The average molecular weight is 297 g/mol. The first-order valence-electron chi connectivity index (χ1n) is 7.10. The topological polar surface area (TPSA) is 71.1 Å². The van der Waals surface area contributed by atoms with Crippen LogP contribution in [0.4, 0.5) is 11.4 Å². The summed E-state index contributed by atoms with van der Waals surface area (Å²) < 4.78 is 0. The molecule has 0 atom stereocenters. The van der Waals surface area contributed by atoms with E-state index in [-0.39, 0.29) is 17.7 Å². The lowest BCUT2D eigenvalue weighted by atomic mass is 10.1. The molecule has 1 aromatic carbocycles. The Balaban J connectivity index is 2.10. The van der Waals surface area contributed by atoms with Gasteiger partial charge in [0.05, 0.1) is 11.9 Å². The maximum absolute atomic E-state index is 11.8. The van der Waals surface area contributed by atoms with Crippen molar-refractivity contribution in [2.75, 3.05) is 5.32 Å². The van der Waals surface area contributed by atoms with Crippen LogP contribution in [0.2, 0.25) is 0 Å². The Morgan fingerprint density at radius 2 is 1.86 bits per heavy atom. The lowest BCUT2D eigenvalue weighted by Gasteiger charge is -2.09. The second kappa shape index (κ2) is 6.85. The fourth-order valence-electron chi connectivity index (χ4n) is 1.92. The van der Waals surface area contributed by atoms with Crippen molar-refractivity contribution in [1.29, 1.82) is 0 Å². The zero-order valence-corrected chi connectivity index (χ0v) is 12.9. The molecule has 0 saturated carbocycles. The molecule has 0 aliphatic rings. The fraction of sp³-hybridized carbons (Fsp3) is 0.235. The van der Waals surface area contributed by atoms with Crippen LogP contribution < -0.4 is 10.6 Å². The monoisotopic (exact) mass is 297 g/mol. The third-order valence-corrected chi connectivity index (χ3v) is 2.97. The number of nitrogens with zero attached hydrogens (tertiary/aromatic N) is 1. The van der Waals surface area contributed by atoms with E-state index in [1.807, 2.05) is 26.0 Å². The van der Waals surface area contributed by atoms with E-state index in [4.69, 9.17) is 0 Å². The van der Waals surface area contributed by atoms with Gasteiger partial charge in [-0.25, -0.2) is 4.98 Å². The van der Waals surface area contributed by atoms with Crippen LogP contribution in [0.15, 0.2) is 42.6 Å². The lowest BCUT2D eigenvalue weighted by Crippen LogP contribution is -2.30. The molecule has 0 radical (unpaired) electrons. The molecular formula is C17H19N3O2. The highest BCUT2D eigenvalue weighted by Crippen LogP contribution is 2.17. The Labute approximate surface area is 129 Å². The Bertz CT molecular complexity index is 679. The molecule has 0 bridgehead atoms. The predicted octanol–water partition coefficient (Wildman–Crippen LogP) is 3.17. The number of pyridine rings is 1. The van der Waals surface area contributed by atoms with Crippen LogP contribution in [0.1, 0.15) is 41.6 Å². The minimum Gasteiger partial charge on any atom is -0.354 e. The highest BCUT2D eigenvalue weighted by molar-refractivity contribution is 5.95. The molecular weight excluding hydrogens is 278 g/mol. The molecule has 0 aliphatic heterocycles. The predicted molar refractivity (Wildman–Crippen MR) is 86.6 cm³/mol. The first kappa shape index (κ1) is 15.7. The molecule has 1 aromatic heterocycles. The van der Waals surface area contributed by atoms with Crippen LogP contribution in [0.3, 0.4) is 0 Å². The first-order chi connectivity index (χ1) is 10.5. The number of ketones is 1. The Kier molecular flexibility index (Phi) is 4.88. The van der Waals surface area contributed by atoms with Gasteiger partial charge in [-0.15, -0.1) is 0 Å². The summed E-state index contributed by atoms with van der Waals surface area (Å²) in [4.78, 5) is 27.3. The van der Waals surface area contributed by atoms with E-state index in [9.17, 15) is 9.59 Å². The fourth-order valence-corrected chi connectivity index (χ4v) is 1.92. The number of amides is 1. The second-order valence-corrected chi connectivity index (χ2v) is 5.32. The van der Waals surface area contributed by atoms with Crippen LogP contribution in [0, 0.1) is 0 Å². The van der Waals surface area contributed by atoms with Crippen molar-refractivity contribution in [3.05, 3.63) is 53.9 Å². The summed E-state index contributed by atoms with van der Waals surface area (Å²) in [5, 5.41) is 5.95. The summed E-state index contributed by atoms with van der Waals surface area (Å²) in [6.45, 7) is 5.33. The van der Waals surface area contributed by atoms with E-state index in [1.165, 1.54) is 6.92 Å². The Hall–Kier alpha value is -2.69. The minimum absolute atomic E-state index is 0.0162. The standard InChI is InChI=1S/C17H19N3O2/c1-11(2)19-17(22)16-8-7-15(10-18-16)20-14-6-4-5-13(9-14)12(3)21/h4-11,20H,1-3H3,(H,19,22). The van der Waals surface area contributed by atoms with Gasteiger partial charge in [0.1, 0.15) is 5.69 Å². The third-order valence-electron chi connectivity index (χ3n) is 2.97. The number of aromatic nitrogens is 1. The summed E-state index contributed by atoms with van der Waals surface area (Å²) in [5.74, 6) is -0.178. The SMILES string of the molecule is CC(=O)c1cccc(Nc2ccc(C(=O)NC(C)C)nc2)c1. The number of hydrogen-bond donors (Lipinski definition) is 2. The van der Waals surface area contributed by atoms with Gasteiger partial charge in [0.15, 0.2) is 5.78 Å². The van der Waals surface area contributed by atoms with Crippen molar-refractivity contribution in [3.8, 4) is 0 Å². The maximum atomic E-state index is 11.8. The molecule has 0 saturated heterocycles. The van der Waals surface area contributed by atoms with Crippen LogP contribution in [0.5, 0.6) is 0 Å². The van der Waals surface area contributed by atoms with Gasteiger partial charge in [-0.2, -0.15) is 0 Å². The van der Waals surface area contributed by atoms with E-state index in [2.05, 4.69) is 15.6 Å². The molecule has 0 spiro atoms. The highest BCUT2D eigenvalue weighted by atomic mass is 16.2. The number of benzene rings is 1. The molecule has 5 heteroatoms. The van der Waals surface area contributed by atoms with Crippen molar-refractivity contribution in [2.45, 2.75) is 26.8 Å². The minimum atomic E-state index is -0.194. The lowest BCUT2D eigenvalue weighted by molar-refractivity contribution is 0.0937. The molecule has 1 heterocycles. The van der Waals surface area contributed by atoms with E-state index in [0.29, 0.717) is 11.3 Å². The number of anilines is 2. The average Bonchev–Trinajstić information content (AvgIpc) is 2.47. The highest BCUT2D eigenvalue weighted by Gasteiger charge is 2.08. The van der Waals surface area contributed by atoms with E-state index in [1.54, 1.807) is 30.5 Å². The number of carbonyl (C=O) groups excluding carboxylic acids is 2. The van der Waals surface area contributed by atoms with Crippen molar-refractivity contribution in [1.82, 2.24) is 10.3 Å². The second-order valence-electron chi connectivity index (χ2n) is 5.32. The van der Waals surface area contributed by atoms with Crippen LogP contribution in [-0.2, 0) is 0 Å². The quantitative estimate of drug-likeness (QED) is 0.832. The maximum Gasteiger partial charge on any atom is 0.270 e. The number of Topliss-reactive ketones (excluding diaryl/α,β-unsaturated/α-hetero) is 1. The molecule has 1 amide bonds. The van der Waals surface area contributed by atoms with Crippen LogP contribution in [-0.4, -0.2) is 22.7 Å². The van der Waals surface area contributed by atoms with Crippen molar-refractivity contribution >= 4 is 23.1 Å². The van der Waals surface area contributed by atoms with Gasteiger partial charge in [0, 0.05) is 17.3 Å². The van der Waals surface area contributed by atoms with E-state index >= 15 is 0 Å². The van der Waals surface area contributed by atoms with Gasteiger partial charge >= 0.3 is 0 Å². The zero-order valence-electron chi connectivity index (χ0n) is 12.9. The normalized spacial score (nSPS) is 10.4. The van der Waals surface area contributed by atoms with Gasteiger partial charge in [0.2, 0.25) is 0 Å². The van der Waals surface area contributed by atoms with Crippen molar-refractivity contribution in [2.24, 2.45) is 0 Å². The molecule has 0 fully saturated rings. The largest absolute Gasteiger partial charge is 0.354 e. The summed E-state index contributed by atoms with van der Waals surface area (Å²) in [5.41, 5.74) is 2.57. The molecule has 5 nitrogen and oxygen atoms in total. The first-order valence-corrected chi connectivity index (χ1v) is 7.10. The van der Waals surface area contributed by atoms with Gasteiger partial charge in [-0.05, 0) is 45.0 Å². The van der Waals surface area contributed by atoms with Gasteiger partial charge in [-0.1, -0.05) is 12.1 Å². The molecule has 0 aliphatic carbocycles. The molecule has 0 unspecified atom stereocenters. The molecule has 2 rings (SSSR count). The molecule has 2 N–H and O–H groups in total. The summed E-state index contributed by atoms with van der Waals surface area (Å²) >= 11 is 0. The zero-order chi connectivity index (χ0) is 16.1. The van der Waals surface area contributed by atoms with Crippen LogP contribution in [0.25, 0.3) is 0 Å². The Morgan fingerprint density at radius 3 is 2.45 bits per heavy atom. The molecule has 22 heavy (non-hydrogen) atoms. The van der Waals surface area contributed by atoms with E-state index in [0.717, 1.165) is 11.4 Å². The number of carbonyl (C=O) groups is 2. The van der Waals surface area contributed by atoms with Gasteiger partial charge in [-0.3, -0.25) is 9.59 Å². The van der Waals surface area contributed by atoms with Crippen molar-refractivity contribution < 1.29 is 9.59 Å². The molecule has 114 valence electrons. The summed E-state index contributed by atoms with van der Waals surface area (Å²) in [7, 11) is 0. The number of hydrogen-bond acceptors (Lipinski definition) is 4. The number of nitrogens with one attached hydrogen (secondary N) is 2. The summed E-state index contributed by atoms with van der Waals surface area (Å²) in [6.07, 6.45) is 1.59. The van der Waals surface area contributed by atoms with Gasteiger partial charge in [0.25, 0.3) is 5.91 Å². The summed E-state index contributed by atoms with van der Waals surface area (Å²) in [6, 6.07) is 10.7. The van der Waals surface area contributed by atoms with Crippen LogP contribution >= 0.6 is 0 Å². The molecule has 2 aromatic rings.